The fourth-order valence-corrected chi connectivity index (χ4v) is 0.936. The molecule has 0 aliphatic heterocycles. The maximum atomic E-state index is 5.53. The van der Waals surface area contributed by atoms with Crippen molar-refractivity contribution in [2.45, 2.75) is 46.3 Å². The van der Waals surface area contributed by atoms with Gasteiger partial charge in [-0.15, -0.1) is 4.98 Å². The van der Waals surface area contributed by atoms with Gasteiger partial charge in [-0.2, -0.15) is 9.97 Å². The minimum absolute atomic E-state index is 0.0238. The zero-order valence-electron chi connectivity index (χ0n) is 10.3. The Kier molecular flexibility index (Phi) is 3.51. The second-order valence-corrected chi connectivity index (χ2v) is 4.64. The fourth-order valence-electron chi connectivity index (χ4n) is 0.936. The number of anilines is 1. The third-order valence-electron chi connectivity index (χ3n) is 1.35. The van der Waals surface area contributed by atoms with Gasteiger partial charge in [0.1, 0.15) is 5.60 Å². The van der Waals surface area contributed by atoms with Crippen LogP contribution < -0.4 is 15.2 Å². The molecule has 0 unspecified atom stereocenters. The monoisotopic (exact) mass is 226 g/mol. The predicted molar refractivity (Wildman–Crippen MR) is 60.4 cm³/mol. The van der Waals surface area contributed by atoms with Crippen LogP contribution in [-0.4, -0.2) is 26.7 Å². The lowest BCUT2D eigenvalue weighted by atomic mass is 10.2. The quantitative estimate of drug-likeness (QED) is 0.839. The smallest absolute Gasteiger partial charge is 0.324 e. The Bertz CT molecular complexity index is 360. The second kappa shape index (κ2) is 4.51. The third kappa shape index (κ3) is 4.29. The zero-order chi connectivity index (χ0) is 12.3. The van der Waals surface area contributed by atoms with E-state index in [2.05, 4.69) is 15.0 Å². The summed E-state index contributed by atoms with van der Waals surface area (Å²) in [5.41, 5.74) is 5.15. The van der Waals surface area contributed by atoms with Gasteiger partial charge in [0, 0.05) is 0 Å². The molecule has 0 saturated heterocycles. The van der Waals surface area contributed by atoms with Gasteiger partial charge in [0.15, 0.2) is 0 Å². The van der Waals surface area contributed by atoms with Crippen LogP contribution in [0.4, 0.5) is 5.95 Å². The first kappa shape index (κ1) is 12.5. The van der Waals surface area contributed by atoms with Gasteiger partial charge in [-0.25, -0.2) is 0 Å². The average Bonchev–Trinajstić information content (AvgIpc) is 1.96. The largest absolute Gasteiger partial charge is 0.461 e. The molecule has 0 atom stereocenters. The molecule has 1 heterocycles. The molecule has 0 aliphatic carbocycles. The summed E-state index contributed by atoms with van der Waals surface area (Å²) in [4.78, 5) is 11.7. The van der Waals surface area contributed by atoms with Crippen molar-refractivity contribution >= 4 is 5.95 Å². The molecule has 0 radical (unpaired) electrons. The van der Waals surface area contributed by atoms with E-state index in [0.29, 0.717) is 0 Å². The third-order valence-corrected chi connectivity index (χ3v) is 1.35. The summed E-state index contributed by atoms with van der Waals surface area (Å²) in [6, 6.07) is 0.359. The highest BCUT2D eigenvalue weighted by atomic mass is 16.5. The van der Waals surface area contributed by atoms with Crippen LogP contribution in [0.1, 0.15) is 34.6 Å². The van der Waals surface area contributed by atoms with Gasteiger partial charge in [-0.05, 0) is 34.6 Å². The minimum Gasteiger partial charge on any atom is -0.461 e. The van der Waals surface area contributed by atoms with E-state index >= 15 is 0 Å². The van der Waals surface area contributed by atoms with Gasteiger partial charge in [-0.1, -0.05) is 0 Å². The zero-order valence-corrected chi connectivity index (χ0v) is 10.3. The molecule has 6 nitrogen and oxygen atoms in total. The lowest BCUT2D eigenvalue weighted by Crippen LogP contribution is -2.25. The Labute approximate surface area is 95.2 Å². The fraction of sp³-hybridized carbons (Fsp3) is 0.700. The standard InChI is InChI=1S/C10H18N4O2/c1-6(2)15-8-12-7(11)13-9(14-8)16-10(3,4)5/h6H,1-5H3,(H2,11,12,13,14). The summed E-state index contributed by atoms with van der Waals surface area (Å²) in [6.45, 7) is 9.45. The molecule has 0 spiro atoms. The number of nitrogens with two attached hydrogens (primary N) is 1. The maximum absolute atomic E-state index is 5.53. The average molecular weight is 226 g/mol. The normalized spacial score (nSPS) is 11.6. The molecule has 1 rings (SSSR count). The van der Waals surface area contributed by atoms with Gasteiger partial charge < -0.3 is 15.2 Å². The van der Waals surface area contributed by atoms with Gasteiger partial charge >= 0.3 is 12.0 Å². The van der Waals surface area contributed by atoms with Crippen LogP contribution in [0.2, 0.25) is 0 Å². The number of nitrogen functional groups attached to an aromatic ring is 1. The van der Waals surface area contributed by atoms with Gasteiger partial charge in [0.25, 0.3) is 0 Å². The number of hydrogen-bond donors (Lipinski definition) is 1. The molecule has 1 aromatic rings. The van der Waals surface area contributed by atoms with Crippen LogP contribution in [0.5, 0.6) is 12.0 Å². The summed E-state index contributed by atoms with van der Waals surface area (Å²) in [7, 11) is 0. The Hall–Kier alpha value is -1.59. The first-order valence-corrected chi connectivity index (χ1v) is 5.13. The van der Waals surface area contributed by atoms with Crippen molar-refractivity contribution in [3.8, 4) is 12.0 Å². The summed E-state index contributed by atoms with van der Waals surface area (Å²) >= 11 is 0. The molecule has 16 heavy (non-hydrogen) atoms. The lowest BCUT2D eigenvalue weighted by Gasteiger charge is -2.19. The van der Waals surface area contributed by atoms with Gasteiger partial charge in [0.2, 0.25) is 5.95 Å². The van der Waals surface area contributed by atoms with Crippen molar-refractivity contribution in [3.63, 3.8) is 0 Å². The molecule has 1 aromatic heterocycles. The minimum atomic E-state index is -0.386. The van der Waals surface area contributed by atoms with Crippen LogP contribution in [0.15, 0.2) is 0 Å². The van der Waals surface area contributed by atoms with E-state index in [1.807, 2.05) is 34.6 Å². The van der Waals surface area contributed by atoms with Crippen molar-refractivity contribution in [1.29, 1.82) is 0 Å². The second-order valence-electron chi connectivity index (χ2n) is 4.64. The SMILES string of the molecule is CC(C)Oc1nc(N)nc(OC(C)(C)C)n1. The Balaban J connectivity index is 2.90. The van der Waals surface area contributed by atoms with Crippen molar-refractivity contribution in [3.05, 3.63) is 0 Å². The van der Waals surface area contributed by atoms with Crippen LogP contribution in [0, 0.1) is 0 Å². The molecule has 0 amide bonds. The van der Waals surface area contributed by atoms with E-state index in [4.69, 9.17) is 15.2 Å². The predicted octanol–water partition coefficient (Wildman–Crippen LogP) is 1.42. The highest BCUT2D eigenvalue weighted by Crippen LogP contribution is 2.16. The number of aromatic nitrogens is 3. The highest BCUT2D eigenvalue weighted by molar-refractivity contribution is 5.20. The van der Waals surface area contributed by atoms with Crippen LogP contribution in [-0.2, 0) is 0 Å². The molecule has 0 saturated carbocycles. The number of rotatable bonds is 3. The summed E-state index contributed by atoms with van der Waals surface area (Å²) in [5.74, 6) is 0.0879. The number of hydrogen-bond acceptors (Lipinski definition) is 6. The van der Waals surface area contributed by atoms with Crippen molar-refractivity contribution in [2.75, 3.05) is 5.73 Å². The first-order valence-electron chi connectivity index (χ1n) is 5.13. The van der Waals surface area contributed by atoms with Gasteiger partial charge in [0.05, 0.1) is 6.10 Å². The molecular weight excluding hydrogens is 208 g/mol. The summed E-state index contributed by atoms with van der Waals surface area (Å²) < 4.78 is 10.8. The summed E-state index contributed by atoms with van der Waals surface area (Å²) in [6.07, 6.45) is -0.0238. The lowest BCUT2D eigenvalue weighted by molar-refractivity contribution is 0.113. The molecule has 0 aliphatic rings. The van der Waals surface area contributed by atoms with Crippen LogP contribution in [0.25, 0.3) is 0 Å². The Morgan fingerprint density at radius 3 is 2.12 bits per heavy atom. The van der Waals surface area contributed by atoms with E-state index < -0.39 is 0 Å². The number of nitrogens with zero attached hydrogens (tertiary/aromatic N) is 3. The molecule has 6 heteroatoms. The molecular formula is C10H18N4O2. The van der Waals surface area contributed by atoms with E-state index in [-0.39, 0.29) is 29.7 Å². The van der Waals surface area contributed by atoms with Crippen LogP contribution >= 0.6 is 0 Å². The van der Waals surface area contributed by atoms with E-state index in [9.17, 15) is 0 Å². The molecule has 0 fully saturated rings. The van der Waals surface area contributed by atoms with E-state index in [0.717, 1.165) is 0 Å². The number of ether oxygens (including phenoxy) is 2. The molecule has 0 bridgehead atoms. The molecule has 2 N–H and O–H groups in total. The summed E-state index contributed by atoms with van der Waals surface area (Å²) in [5, 5.41) is 0. The molecule has 0 aromatic carbocycles. The topological polar surface area (TPSA) is 83.2 Å². The maximum Gasteiger partial charge on any atom is 0.324 e. The van der Waals surface area contributed by atoms with E-state index in [1.165, 1.54) is 0 Å². The van der Waals surface area contributed by atoms with Crippen LogP contribution in [0.3, 0.4) is 0 Å². The Morgan fingerprint density at radius 1 is 1.06 bits per heavy atom. The van der Waals surface area contributed by atoms with E-state index in [1.54, 1.807) is 0 Å². The van der Waals surface area contributed by atoms with Crippen molar-refractivity contribution < 1.29 is 9.47 Å². The van der Waals surface area contributed by atoms with Gasteiger partial charge in [-0.3, -0.25) is 0 Å². The van der Waals surface area contributed by atoms with Crippen molar-refractivity contribution in [1.82, 2.24) is 15.0 Å². The van der Waals surface area contributed by atoms with Crippen molar-refractivity contribution in [2.24, 2.45) is 0 Å². The first-order chi connectivity index (χ1) is 7.26. The highest BCUT2D eigenvalue weighted by Gasteiger charge is 2.16. The molecule has 90 valence electrons. The Morgan fingerprint density at radius 2 is 1.62 bits per heavy atom.